The van der Waals surface area contributed by atoms with Crippen LogP contribution in [-0.4, -0.2) is 66.2 Å². The maximum absolute atomic E-state index is 14.1. The Morgan fingerprint density at radius 1 is 0.977 bits per heavy atom. The van der Waals surface area contributed by atoms with E-state index >= 15 is 0 Å². The fourth-order valence-corrected chi connectivity index (χ4v) is 5.51. The largest absolute Gasteiger partial charge is 0.497 e. The number of fused-ring (bicyclic) bond motifs is 1. The number of aromatic nitrogens is 3. The summed E-state index contributed by atoms with van der Waals surface area (Å²) in [6, 6.07) is 23.0. The average molecular weight is 579 g/mol. The van der Waals surface area contributed by atoms with E-state index in [4.69, 9.17) is 23.9 Å². The Kier molecular flexibility index (Phi) is 8.24. The molecule has 6 rings (SSSR count). The highest BCUT2D eigenvalue weighted by atomic mass is 16.5. The van der Waals surface area contributed by atoms with E-state index in [1.54, 1.807) is 32.2 Å². The first-order chi connectivity index (χ1) is 21.1. The lowest BCUT2D eigenvalue weighted by molar-refractivity contribution is 0.0507. The van der Waals surface area contributed by atoms with Gasteiger partial charge >= 0.3 is 0 Å². The van der Waals surface area contributed by atoms with Crippen molar-refractivity contribution in [3.05, 3.63) is 96.3 Å². The van der Waals surface area contributed by atoms with E-state index < -0.39 is 0 Å². The van der Waals surface area contributed by atoms with Gasteiger partial charge in [0.05, 0.1) is 44.3 Å². The van der Waals surface area contributed by atoms with Gasteiger partial charge in [0.25, 0.3) is 5.91 Å². The highest BCUT2D eigenvalue weighted by Crippen LogP contribution is 2.35. The van der Waals surface area contributed by atoms with Crippen molar-refractivity contribution >= 4 is 16.8 Å². The molecule has 3 aromatic carbocycles. The number of methoxy groups -OCH3 is 3. The van der Waals surface area contributed by atoms with Crippen LogP contribution in [0.1, 0.15) is 28.8 Å². The zero-order valence-corrected chi connectivity index (χ0v) is 24.5. The fraction of sp³-hybridized carbons (Fsp3) is 0.265. The van der Waals surface area contributed by atoms with Crippen molar-refractivity contribution in [3.8, 4) is 34.2 Å². The molecule has 1 aliphatic rings. The second-order valence-corrected chi connectivity index (χ2v) is 10.4. The molecule has 5 aromatic rings. The molecule has 0 aliphatic carbocycles. The second-order valence-electron chi connectivity index (χ2n) is 10.4. The van der Waals surface area contributed by atoms with Gasteiger partial charge in [-0.05, 0) is 73.0 Å². The van der Waals surface area contributed by atoms with Crippen molar-refractivity contribution < 1.29 is 23.7 Å². The third-order valence-electron chi connectivity index (χ3n) is 7.72. The second kappa shape index (κ2) is 12.5. The first-order valence-electron chi connectivity index (χ1n) is 14.3. The molecule has 0 radical (unpaired) electrons. The third-order valence-corrected chi connectivity index (χ3v) is 7.72. The number of amides is 1. The molecule has 0 saturated carbocycles. The normalized spacial score (nSPS) is 14.5. The number of nitrogens with zero attached hydrogens (tertiary/aromatic N) is 4. The molecule has 220 valence electrons. The van der Waals surface area contributed by atoms with E-state index in [1.807, 2.05) is 77.8 Å². The minimum absolute atomic E-state index is 0.0228. The lowest BCUT2D eigenvalue weighted by Crippen LogP contribution is -2.37. The molecule has 1 atom stereocenters. The molecule has 1 amide bonds. The van der Waals surface area contributed by atoms with Crippen molar-refractivity contribution in [2.75, 3.05) is 34.5 Å². The van der Waals surface area contributed by atoms with Gasteiger partial charge in [-0.15, -0.1) is 0 Å². The van der Waals surface area contributed by atoms with Gasteiger partial charge in [0.15, 0.2) is 11.5 Å². The van der Waals surface area contributed by atoms with Crippen LogP contribution in [0.3, 0.4) is 0 Å². The van der Waals surface area contributed by atoms with E-state index in [0.717, 1.165) is 52.0 Å². The summed E-state index contributed by atoms with van der Waals surface area (Å²) >= 11 is 0. The smallest absolute Gasteiger partial charge is 0.254 e. The molecule has 3 heterocycles. The lowest BCUT2D eigenvalue weighted by atomic mass is 10.0. The van der Waals surface area contributed by atoms with Crippen LogP contribution in [0.15, 0.2) is 85.2 Å². The van der Waals surface area contributed by atoms with Crippen molar-refractivity contribution in [1.82, 2.24) is 19.7 Å². The number of rotatable bonds is 10. The van der Waals surface area contributed by atoms with Crippen molar-refractivity contribution in [3.63, 3.8) is 0 Å². The van der Waals surface area contributed by atoms with Gasteiger partial charge in [0.1, 0.15) is 5.75 Å². The number of benzene rings is 3. The standard InChI is InChI=1S/C34H34N4O5/c1-40-28-8-4-7-24(18-28)33-26(17-25-19-31(41-2)32(42-3)20-30(25)36-33)21-37(22-29-9-5-16-43-29)34(39)23-10-12-27(13-11-23)38-15-6-14-35-38/h4,6-8,10-15,17-20,29H,5,9,16,21-22H2,1-3H3/t29-/m0/s1. The molecule has 2 aromatic heterocycles. The van der Waals surface area contributed by atoms with Crippen molar-refractivity contribution in [2.45, 2.75) is 25.5 Å². The lowest BCUT2D eigenvalue weighted by Gasteiger charge is -2.27. The molecule has 43 heavy (non-hydrogen) atoms. The maximum Gasteiger partial charge on any atom is 0.254 e. The van der Waals surface area contributed by atoms with Gasteiger partial charge in [0, 0.05) is 54.7 Å². The molecule has 1 aliphatic heterocycles. The first-order valence-corrected chi connectivity index (χ1v) is 14.3. The van der Waals surface area contributed by atoms with Crippen molar-refractivity contribution in [1.29, 1.82) is 0 Å². The van der Waals surface area contributed by atoms with E-state index in [9.17, 15) is 4.79 Å². The summed E-state index contributed by atoms with van der Waals surface area (Å²) in [4.78, 5) is 21.1. The third kappa shape index (κ3) is 6.03. The Bertz CT molecular complexity index is 1710. The minimum Gasteiger partial charge on any atom is -0.497 e. The van der Waals surface area contributed by atoms with Crippen LogP contribution in [-0.2, 0) is 11.3 Å². The van der Waals surface area contributed by atoms with Crippen LogP contribution < -0.4 is 14.2 Å². The van der Waals surface area contributed by atoms with Gasteiger partial charge in [-0.25, -0.2) is 9.67 Å². The molecule has 0 bridgehead atoms. The molecule has 1 fully saturated rings. The summed E-state index contributed by atoms with van der Waals surface area (Å²) in [6.07, 6.45) is 5.48. The average Bonchev–Trinajstić information content (AvgIpc) is 3.78. The zero-order chi connectivity index (χ0) is 29.8. The Labute approximate surface area is 250 Å². The Morgan fingerprint density at radius 2 is 1.79 bits per heavy atom. The van der Waals surface area contributed by atoms with Crippen LogP contribution >= 0.6 is 0 Å². The van der Waals surface area contributed by atoms with E-state index in [0.29, 0.717) is 36.8 Å². The SMILES string of the molecule is COc1cccc(-c2nc3cc(OC)c(OC)cc3cc2CN(C[C@@H]2CCCO2)C(=O)c2ccc(-n3cccn3)cc2)c1. The van der Waals surface area contributed by atoms with Gasteiger partial charge in [0.2, 0.25) is 0 Å². The van der Waals surface area contributed by atoms with Gasteiger partial charge in [-0.2, -0.15) is 5.10 Å². The van der Waals surface area contributed by atoms with Crippen LogP contribution in [0.4, 0.5) is 0 Å². The highest BCUT2D eigenvalue weighted by Gasteiger charge is 2.25. The zero-order valence-electron chi connectivity index (χ0n) is 24.5. The Morgan fingerprint density at radius 3 is 2.49 bits per heavy atom. The Balaban J connectivity index is 1.42. The summed E-state index contributed by atoms with van der Waals surface area (Å²) in [5.74, 6) is 1.86. The van der Waals surface area contributed by atoms with Gasteiger partial charge in [-0.1, -0.05) is 12.1 Å². The summed E-state index contributed by atoms with van der Waals surface area (Å²) in [5.41, 5.74) is 4.78. The predicted octanol–water partition coefficient (Wildman–Crippen LogP) is 5.93. The summed E-state index contributed by atoms with van der Waals surface area (Å²) < 4.78 is 24.4. The molecule has 0 spiro atoms. The summed E-state index contributed by atoms with van der Waals surface area (Å²) in [7, 11) is 4.87. The molecule has 0 N–H and O–H groups in total. The number of hydrogen-bond donors (Lipinski definition) is 0. The molecular weight excluding hydrogens is 544 g/mol. The van der Waals surface area contributed by atoms with Crippen LogP contribution in [0, 0.1) is 0 Å². The van der Waals surface area contributed by atoms with E-state index in [-0.39, 0.29) is 12.0 Å². The van der Waals surface area contributed by atoms with E-state index in [2.05, 4.69) is 11.2 Å². The van der Waals surface area contributed by atoms with E-state index in [1.165, 1.54) is 0 Å². The summed E-state index contributed by atoms with van der Waals surface area (Å²) in [5, 5.41) is 5.17. The van der Waals surface area contributed by atoms with Crippen LogP contribution in [0.5, 0.6) is 17.2 Å². The first kappa shape index (κ1) is 28.2. The van der Waals surface area contributed by atoms with Crippen LogP contribution in [0.2, 0.25) is 0 Å². The Hall–Kier alpha value is -4.89. The monoisotopic (exact) mass is 578 g/mol. The topological polar surface area (TPSA) is 87.9 Å². The quantitative estimate of drug-likeness (QED) is 0.203. The minimum atomic E-state index is -0.0773. The molecule has 1 saturated heterocycles. The number of carbonyl (C=O) groups is 1. The van der Waals surface area contributed by atoms with Gasteiger partial charge in [-0.3, -0.25) is 4.79 Å². The molecular formula is C34H34N4O5. The summed E-state index contributed by atoms with van der Waals surface area (Å²) in [6.45, 7) is 1.52. The molecule has 9 nitrogen and oxygen atoms in total. The number of pyridine rings is 1. The molecule has 9 heteroatoms. The van der Waals surface area contributed by atoms with Crippen LogP contribution in [0.25, 0.3) is 27.8 Å². The highest BCUT2D eigenvalue weighted by molar-refractivity contribution is 5.95. The number of ether oxygens (including phenoxy) is 4. The van der Waals surface area contributed by atoms with Crippen molar-refractivity contribution in [2.24, 2.45) is 0 Å². The number of carbonyl (C=O) groups excluding carboxylic acids is 1. The van der Waals surface area contributed by atoms with Gasteiger partial charge < -0.3 is 23.8 Å². The number of hydrogen-bond acceptors (Lipinski definition) is 7. The predicted molar refractivity (Wildman–Crippen MR) is 164 cm³/mol. The molecule has 0 unspecified atom stereocenters. The maximum atomic E-state index is 14.1. The fourth-order valence-electron chi connectivity index (χ4n) is 5.51.